The molecule has 7 nitrogen and oxygen atoms in total. The molecular weight excluding hydrogens is 284 g/mol. The Hall–Kier alpha value is -2.41. The van der Waals surface area contributed by atoms with E-state index in [-0.39, 0.29) is 19.1 Å². The van der Waals surface area contributed by atoms with Crippen LogP contribution < -0.4 is 15.4 Å². The van der Waals surface area contributed by atoms with Crippen molar-refractivity contribution in [2.45, 2.75) is 25.4 Å². The molecule has 0 aliphatic heterocycles. The van der Waals surface area contributed by atoms with Gasteiger partial charge in [-0.2, -0.15) is 4.98 Å². The number of hydrogen-bond acceptors (Lipinski definition) is 6. The van der Waals surface area contributed by atoms with Crippen LogP contribution in [-0.4, -0.2) is 29.6 Å². The molecule has 1 aliphatic rings. The van der Waals surface area contributed by atoms with Crippen LogP contribution in [0, 0.1) is 0 Å². The normalized spacial score (nSPS) is 13.9. The van der Waals surface area contributed by atoms with Crippen LogP contribution in [0.25, 0.3) is 0 Å². The maximum Gasteiger partial charge on any atom is 0.238 e. The summed E-state index contributed by atoms with van der Waals surface area (Å²) in [5, 5.41) is 9.46. The van der Waals surface area contributed by atoms with Gasteiger partial charge in [-0.3, -0.25) is 4.79 Å². The van der Waals surface area contributed by atoms with Gasteiger partial charge in [0.15, 0.2) is 6.61 Å². The molecule has 2 N–H and O–H groups in total. The number of amides is 1. The Morgan fingerprint density at radius 3 is 2.82 bits per heavy atom. The van der Waals surface area contributed by atoms with Crippen LogP contribution in [-0.2, 0) is 11.4 Å². The molecule has 0 bridgehead atoms. The summed E-state index contributed by atoms with van der Waals surface area (Å²) in [6, 6.07) is 7.15. The highest BCUT2D eigenvalue weighted by atomic mass is 16.5. The highest BCUT2D eigenvalue weighted by Crippen LogP contribution is 2.38. The van der Waals surface area contributed by atoms with Crippen LogP contribution in [0.5, 0.6) is 5.75 Å². The van der Waals surface area contributed by atoms with Crippen LogP contribution in [0.1, 0.15) is 30.5 Å². The summed E-state index contributed by atoms with van der Waals surface area (Å²) >= 11 is 0. The molecule has 1 amide bonds. The molecule has 7 heteroatoms. The molecule has 1 aromatic carbocycles. The fourth-order valence-corrected chi connectivity index (χ4v) is 1.97. The van der Waals surface area contributed by atoms with E-state index in [4.69, 9.17) is 9.26 Å². The van der Waals surface area contributed by atoms with Gasteiger partial charge >= 0.3 is 0 Å². The van der Waals surface area contributed by atoms with Gasteiger partial charge in [0, 0.05) is 11.6 Å². The number of nitrogens with zero attached hydrogens (tertiary/aromatic N) is 2. The number of rotatable bonds is 7. The van der Waals surface area contributed by atoms with Gasteiger partial charge in [0.1, 0.15) is 5.75 Å². The minimum atomic E-state index is -0.0874. The molecule has 2 aromatic rings. The molecule has 0 radical (unpaired) electrons. The number of nitrogens with one attached hydrogen (secondary N) is 2. The van der Waals surface area contributed by atoms with E-state index in [0.717, 1.165) is 18.5 Å². The first kappa shape index (κ1) is 14.5. The molecule has 1 fully saturated rings. The number of likely N-dealkylation sites (N-methyl/N-ethyl adjacent to an activating group) is 1. The van der Waals surface area contributed by atoms with Crippen molar-refractivity contribution in [1.29, 1.82) is 0 Å². The van der Waals surface area contributed by atoms with E-state index in [2.05, 4.69) is 20.8 Å². The van der Waals surface area contributed by atoms with E-state index in [0.29, 0.717) is 23.4 Å². The molecule has 1 aliphatic carbocycles. The van der Waals surface area contributed by atoms with Crippen molar-refractivity contribution in [3.63, 3.8) is 0 Å². The van der Waals surface area contributed by atoms with Crippen molar-refractivity contribution in [3.05, 3.63) is 36.0 Å². The molecule has 0 atom stereocenters. The third kappa shape index (κ3) is 3.82. The minimum Gasteiger partial charge on any atom is -0.485 e. The van der Waals surface area contributed by atoms with Crippen LogP contribution >= 0.6 is 0 Å². The Kier molecular flexibility index (Phi) is 4.34. The zero-order valence-electron chi connectivity index (χ0n) is 12.3. The molecule has 0 saturated heterocycles. The van der Waals surface area contributed by atoms with E-state index in [1.54, 1.807) is 31.3 Å². The van der Waals surface area contributed by atoms with Crippen molar-refractivity contribution in [1.82, 2.24) is 15.5 Å². The van der Waals surface area contributed by atoms with Gasteiger partial charge in [-0.1, -0.05) is 5.16 Å². The zero-order chi connectivity index (χ0) is 15.4. The molecule has 116 valence electrons. The molecule has 1 aromatic heterocycles. The molecular formula is C15H18N4O3. The number of ether oxygens (including phenoxy) is 1. The van der Waals surface area contributed by atoms with E-state index >= 15 is 0 Å². The quantitative estimate of drug-likeness (QED) is 0.809. The predicted octanol–water partition coefficient (Wildman–Crippen LogP) is 1.68. The first-order chi connectivity index (χ1) is 10.7. The molecule has 0 unspecified atom stereocenters. The summed E-state index contributed by atoms with van der Waals surface area (Å²) in [4.78, 5) is 15.7. The largest absolute Gasteiger partial charge is 0.485 e. The predicted molar refractivity (Wildman–Crippen MR) is 79.6 cm³/mol. The molecule has 0 spiro atoms. The van der Waals surface area contributed by atoms with Gasteiger partial charge in [-0.05, 0) is 44.2 Å². The van der Waals surface area contributed by atoms with Crippen molar-refractivity contribution in [3.8, 4) is 5.75 Å². The summed E-state index contributed by atoms with van der Waals surface area (Å²) < 4.78 is 10.8. The van der Waals surface area contributed by atoms with Gasteiger partial charge in [0.05, 0.1) is 6.54 Å². The van der Waals surface area contributed by atoms with Gasteiger partial charge in [0.25, 0.3) is 0 Å². The number of benzene rings is 1. The lowest BCUT2D eigenvalue weighted by Crippen LogP contribution is -2.24. The molecule has 3 rings (SSSR count). The number of anilines is 1. The lowest BCUT2D eigenvalue weighted by atomic mass is 10.3. The second kappa shape index (κ2) is 6.57. The van der Waals surface area contributed by atoms with Crippen molar-refractivity contribution in [2.75, 3.05) is 18.9 Å². The summed E-state index contributed by atoms with van der Waals surface area (Å²) in [6.45, 7) is 0.543. The number of carbonyl (C=O) groups is 1. The highest BCUT2D eigenvalue weighted by molar-refractivity contribution is 5.92. The van der Waals surface area contributed by atoms with E-state index < -0.39 is 0 Å². The van der Waals surface area contributed by atoms with Crippen LogP contribution in [0.4, 0.5) is 5.69 Å². The number of aromatic nitrogens is 2. The maximum atomic E-state index is 11.4. The van der Waals surface area contributed by atoms with Gasteiger partial charge < -0.3 is 19.9 Å². The number of hydrogen-bond donors (Lipinski definition) is 2. The number of carbonyl (C=O) groups excluding carboxylic acids is 1. The lowest BCUT2D eigenvalue weighted by Gasteiger charge is -2.07. The lowest BCUT2D eigenvalue weighted by molar-refractivity contribution is -0.115. The first-order valence-electron chi connectivity index (χ1n) is 7.24. The summed E-state index contributed by atoms with van der Waals surface area (Å²) in [6.07, 6.45) is 2.26. The van der Waals surface area contributed by atoms with Gasteiger partial charge in [-0.15, -0.1) is 0 Å². The van der Waals surface area contributed by atoms with Crippen LogP contribution in [0.3, 0.4) is 0 Å². The van der Waals surface area contributed by atoms with E-state index in [1.807, 2.05) is 0 Å². The SMILES string of the molecule is CNCC(=O)Nc1ccc(OCc2noc(C3CC3)n2)cc1. The van der Waals surface area contributed by atoms with Crippen molar-refractivity contribution >= 4 is 11.6 Å². The van der Waals surface area contributed by atoms with Crippen LogP contribution in [0.15, 0.2) is 28.8 Å². The zero-order valence-corrected chi connectivity index (χ0v) is 12.3. The standard InChI is InChI=1S/C15H18N4O3/c1-16-8-14(20)17-11-4-6-12(7-5-11)21-9-13-18-15(22-19-13)10-2-3-10/h4-7,10,16H,2-3,8-9H2,1H3,(H,17,20). The van der Waals surface area contributed by atoms with E-state index in [1.165, 1.54) is 0 Å². The Morgan fingerprint density at radius 2 is 2.14 bits per heavy atom. The molecule has 1 heterocycles. The van der Waals surface area contributed by atoms with Gasteiger partial charge in [0.2, 0.25) is 17.6 Å². The Labute approximate surface area is 128 Å². The summed E-state index contributed by atoms with van der Waals surface area (Å²) in [5.41, 5.74) is 0.725. The minimum absolute atomic E-state index is 0.0874. The fourth-order valence-electron chi connectivity index (χ4n) is 1.97. The average Bonchev–Trinajstić information content (AvgIpc) is 3.26. The Bertz CT molecular complexity index is 634. The maximum absolute atomic E-state index is 11.4. The topological polar surface area (TPSA) is 89.3 Å². The highest BCUT2D eigenvalue weighted by Gasteiger charge is 2.29. The van der Waals surface area contributed by atoms with Crippen molar-refractivity contribution in [2.24, 2.45) is 0 Å². The monoisotopic (exact) mass is 302 g/mol. The first-order valence-corrected chi connectivity index (χ1v) is 7.24. The second-order valence-corrected chi connectivity index (χ2v) is 5.21. The smallest absolute Gasteiger partial charge is 0.238 e. The third-order valence-corrected chi connectivity index (χ3v) is 3.25. The van der Waals surface area contributed by atoms with E-state index in [9.17, 15) is 4.79 Å². The molecule has 1 saturated carbocycles. The molecule has 22 heavy (non-hydrogen) atoms. The van der Waals surface area contributed by atoms with Crippen LogP contribution in [0.2, 0.25) is 0 Å². The second-order valence-electron chi connectivity index (χ2n) is 5.21. The average molecular weight is 302 g/mol. The van der Waals surface area contributed by atoms with Crippen molar-refractivity contribution < 1.29 is 14.1 Å². The Morgan fingerprint density at radius 1 is 1.36 bits per heavy atom. The summed E-state index contributed by atoms with van der Waals surface area (Å²) in [7, 11) is 1.73. The Balaban J connectivity index is 1.50. The summed E-state index contributed by atoms with van der Waals surface area (Å²) in [5.74, 6) is 2.30. The fraction of sp³-hybridized carbons (Fsp3) is 0.400. The third-order valence-electron chi connectivity index (χ3n) is 3.25. The van der Waals surface area contributed by atoms with Gasteiger partial charge in [-0.25, -0.2) is 0 Å².